The minimum Gasteiger partial charge on any atom is -0.338 e. The molecule has 2 aromatic carbocycles. The minimum atomic E-state index is -0.367. The number of nitrogens with zero attached hydrogens (tertiary/aromatic N) is 3. The van der Waals surface area contributed by atoms with Gasteiger partial charge in [-0.25, -0.2) is 4.79 Å². The number of likely N-dealkylation sites (N-methyl/N-ethyl adjacent to an activating group) is 1. The number of rotatable bonds is 2. The van der Waals surface area contributed by atoms with Crippen LogP contribution in [0, 0.1) is 6.92 Å². The topological polar surface area (TPSA) is 45.6 Å². The highest BCUT2D eigenvalue weighted by atomic mass is 16.2. The van der Waals surface area contributed by atoms with Crippen LogP contribution < -0.4 is 0 Å². The number of hydrogen-bond acceptors (Lipinski definition) is 2. The van der Waals surface area contributed by atoms with Crippen molar-refractivity contribution in [1.82, 2.24) is 14.4 Å². The Morgan fingerprint density at radius 3 is 2.56 bits per heavy atom. The molecule has 0 aliphatic carbocycles. The number of aromatic nitrogens is 1. The molecule has 3 heterocycles. The van der Waals surface area contributed by atoms with Gasteiger partial charge in [0.15, 0.2) is 0 Å². The standard InChI is InChI=1S/C22H21N3O2/c1-14-7-9-15(10-8-14)12-24-18-6-4-3-5-16(18)17-11-19-21(26)23(2)22(27)25(19)13-20(17)24/h3-10,19H,11-13H2,1-2H3. The Hall–Kier alpha value is -3.08. The van der Waals surface area contributed by atoms with Crippen molar-refractivity contribution in [2.75, 3.05) is 7.05 Å². The summed E-state index contributed by atoms with van der Waals surface area (Å²) in [7, 11) is 1.58. The lowest BCUT2D eigenvalue weighted by atomic mass is 9.97. The predicted octanol–water partition coefficient (Wildman–Crippen LogP) is 3.32. The normalized spacial score (nSPS) is 19.0. The quantitative estimate of drug-likeness (QED) is 0.659. The van der Waals surface area contributed by atoms with Crippen molar-refractivity contribution in [3.05, 3.63) is 70.9 Å². The van der Waals surface area contributed by atoms with E-state index in [1.54, 1.807) is 11.9 Å². The van der Waals surface area contributed by atoms with Gasteiger partial charge in [-0.05, 0) is 24.1 Å². The van der Waals surface area contributed by atoms with Gasteiger partial charge in [-0.15, -0.1) is 0 Å². The molecule has 1 atom stereocenters. The van der Waals surface area contributed by atoms with Crippen LogP contribution in [-0.2, 0) is 24.3 Å². The predicted molar refractivity (Wildman–Crippen MR) is 103 cm³/mol. The molecule has 1 fully saturated rings. The number of carbonyl (C=O) groups excluding carboxylic acids is 2. The van der Waals surface area contributed by atoms with Gasteiger partial charge in [0, 0.05) is 36.6 Å². The van der Waals surface area contributed by atoms with Gasteiger partial charge in [0.1, 0.15) is 6.04 Å². The van der Waals surface area contributed by atoms with Crippen LogP contribution >= 0.6 is 0 Å². The van der Waals surface area contributed by atoms with Gasteiger partial charge in [-0.2, -0.15) is 0 Å². The highest BCUT2D eigenvalue weighted by Gasteiger charge is 2.46. The summed E-state index contributed by atoms with van der Waals surface area (Å²) in [6.45, 7) is 3.32. The Labute approximate surface area is 157 Å². The van der Waals surface area contributed by atoms with E-state index < -0.39 is 0 Å². The number of carbonyl (C=O) groups is 2. The zero-order valence-corrected chi connectivity index (χ0v) is 15.5. The van der Waals surface area contributed by atoms with Gasteiger partial charge >= 0.3 is 6.03 Å². The first kappa shape index (κ1) is 16.1. The van der Waals surface area contributed by atoms with E-state index in [0.29, 0.717) is 13.0 Å². The van der Waals surface area contributed by atoms with Crippen molar-refractivity contribution >= 4 is 22.8 Å². The Morgan fingerprint density at radius 2 is 1.78 bits per heavy atom. The fraction of sp³-hybridized carbons (Fsp3) is 0.273. The van der Waals surface area contributed by atoms with E-state index in [1.165, 1.54) is 27.0 Å². The van der Waals surface area contributed by atoms with Gasteiger partial charge < -0.3 is 9.47 Å². The molecule has 3 amide bonds. The van der Waals surface area contributed by atoms with Crippen molar-refractivity contribution in [3.63, 3.8) is 0 Å². The van der Waals surface area contributed by atoms with E-state index in [1.807, 2.05) is 12.1 Å². The highest BCUT2D eigenvalue weighted by Crippen LogP contribution is 2.36. The fourth-order valence-corrected chi connectivity index (χ4v) is 4.40. The Kier molecular flexibility index (Phi) is 3.41. The molecule has 1 unspecified atom stereocenters. The third kappa shape index (κ3) is 2.31. The monoisotopic (exact) mass is 359 g/mol. The number of benzene rings is 2. The van der Waals surface area contributed by atoms with Crippen LogP contribution in [0.3, 0.4) is 0 Å². The number of para-hydroxylation sites is 1. The van der Waals surface area contributed by atoms with E-state index in [-0.39, 0.29) is 18.0 Å². The molecule has 2 aliphatic rings. The maximum atomic E-state index is 12.5. The van der Waals surface area contributed by atoms with Crippen LogP contribution in [0.5, 0.6) is 0 Å². The molecule has 5 nitrogen and oxygen atoms in total. The van der Waals surface area contributed by atoms with Gasteiger partial charge in [0.05, 0.1) is 6.54 Å². The lowest BCUT2D eigenvalue weighted by Gasteiger charge is -2.28. The molecule has 0 spiro atoms. The van der Waals surface area contributed by atoms with Gasteiger partial charge in [-0.1, -0.05) is 48.0 Å². The molecule has 0 N–H and O–H groups in total. The average molecular weight is 359 g/mol. The molecule has 0 radical (unpaired) electrons. The van der Waals surface area contributed by atoms with Crippen molar-refractivity contribution in [2.45, 2.75) is 32.5 Å². The first-order chi connectivity index (χ1) is 13.0. The highest BCUT2D eigenvalue weighted by molar-refractivity contribution is 6.05. The lowest BCUT2D eigenvalue weighted by molar-refractivity contribution is -0.127. The summed E-state index contributed by atoms with van der Waals surface area (Å²) in [5.41, 5.74) is 5.98. The molecule has 1 saturated heterocycles. The SMILES string of the molecule is Cc1ccc(Cn2c3c(c4ccccc42)CC2C(=O)N(C)C(=O)N2C3)cc1. The molecule has 136 valence electrons. The first-order valence-electron chi connectivity index (χ1n) is 9.27. The zero-order valence-electron chi connectivity index (χ0n) is 15.5. The summed E-state index contributed by atoms with van der Waals surface area (Å²) in [4.78, 5) is 28.0. The van der Waals surface area contributed by atoms with E-state index in [0.717, 1.165) is 17.8 Å². The van der Waals surface area contributed by atoms with Crippen molar-refractivity contribution in [1.29, 1.82) is 0 Å². The second-order valence-electron chi connectivity index (χ2n) is 7.54. The zero-order chi connectivity index (χ0) is 18.7. The fourth-order valence-electron chi connectivity index (χ4n) is 4.40. The van der Waals surface area contributed by atoms with Crippen LogP contribution in [0.15, 0.2) is 48.5 Å². The molecule has 27 heavy (non-hydrogen) atoms. The Bertz CT molecular complexity index is 1080. The third-order valence-electron chi connectivity index (χ3n) is 5.90. The number of imide groups is 1. The Balaban J connectivity index is 1.64. The molecule has 0 saturated carbocycles. The molecule has 5 heteroatoms. The largest absolute Gasteiger partial charge is 0.338 e. The average Bonchev–Trinajstić information content (AvgIpc) is 3.10. The number of fused-ring (bicyclic) bond motifs is 4. The molecule has 5 rings (SSSR count). The molecule has 2 aliphatic heterocycles. The summed E-state index contributed by atoms with van der Waals surface area (Å²) in [6, 6.07) is 16.3. The van der Waals surface area contributed by atoms with Gasteiger partial charge in [0.25, 0.3) is 5.91 Å². The maximum absolute atomic E-state index is 12.5. The van der Waals surface area contributed by atoms with E-state index in [4.69, 9.17) is 0 Å². The third-order valence-corrected chi connectivity index (χ3v) is 5.90. The number of hydrogen-bond donors (Lipinski definition) is 0. The molecular weight excluding hydrogens is 338 g/mol. The Morgan fingerprint density at radius 1 is 1.04 bits per heavy atom. The molecular formula is C22H21N3O2. The molecule has 3 aromatic rings. The van der Waals surface area contributed by atoms with E-state index in [9.17, 15) is 9.59 Å². The lowest BCUT2D eigenvalue weighted by Crippen LogP contribution is -2.40. The summed E-state index contributed by atoms with van der Waals surface area (Å²) in [6.07, 6.45) is 0.589. The minimum absolute atomic E-state index is 0.0963. The van der Waals surface area contributed by atoms with Crippen LogP contribution in [0.1, 0.15) is 22.4 Å². The summed E-state index contributed by atoms with van der Waals surface area (Å²) < 4.78 is 2.31. The summed E-state index contributed by atoms with van der Waals surface area (Å²) in [5.74, 6) is -0.0963. The maximum Gasteiger partial charge on any atom is 0.327 e. The van der Waals surface area contributed by atoms with Crippen molar-refractivity contribution < 1.29 is 9.59 Å². The summed E-state index contributed by atoms with van der Waals surface area (Å²) in [5, 5.41) is 1.19. The van der Waals surface area contributed by atoms with E-state index >= 15 is 0 Å². The van der Waals surface area contributed by atoms with Crippen LogP contribution in [0.2, 0.25) is 0 Å². The number of aryl methyl sites for hydroxylation is 1. The van der Waals surface area contributed by atoms with Gasteiger partial charge in [0.2, 0.25) is 0 Å². The smallest absolute Gasteiger partial charge is 0.327 e. The number of urea groups is 1. The van der Waals surface area contributed by atoms with E-state index in [2.05, 4.69) is 47.9 Å². The molecule has 0 bridgehead atoms. The van der Waals surface area contributed by atoms with Gasteiger partial charge in [-0.3, -0.25) is 9.69 Å². The summed E-state index contributed by atoms with van der Waals surface area (Å²) >= 11 is 0. The number of amides is 3. The van der Waals surface area contributed by atoms with Crippen LogP contribution in [0.4, 0.5) is 4.79 Å². The second kappa shape index (κ2) is 5.71. The first-order valence-corrected chi connectivity index (χ1v) is 9.27. The van der Waals surface area contributed by atoms with Crippen LogP contribution in [0.25, 0.3) is 10.9 Å². The second-order valence-corrected chi connectivity index (χ2v) is 7.54. The van der Waals surface area contributed by atoms with Crippen LogP contribution in [-0.4, -0.2) is 39.4 Å². The van der Waals surface area contributed by atoms with Crippen molar-refractivity contribution in [3.8, 4) is 0 Å². The molecule has 1 aromatic heterocycles. The van der Waals surface area contributed by atoms with Crippen molar-refractivity contribution in [2.24, 2.45) is 0 Å².